The molecule has 0 aliphatic heterocycles. The quantitative estimate of drug-likeness (QED) is 0.764. The standard InChI is InChI=1S/C15H15N3O/c1-10-6-7-18-9-13(17-15(18)14(10)16)11-4-3-5-12(8-11)19-2/h3-9H,16H2,1-2H3. The van der Waals surface area contributed by atoms with Gasteiger partial charge in [-0.15, -0.1) is 0 Å². The van der Waals surface area contributed by atoms with Crippen LogP contribution in [-0.2, 0) is 0 Å². The summed E-state index contributed by atoms with van der Waals surface area (Å²) in [4.78, 5) is 4.60. The van der Waals surface area contributed by atoms with Crippen LogP contribution in [0, 0.1) is 6.92 Å². The molecule has 0 radical (unpaired) electrons. The number of pyridine rings is 1. The van der Waals surface area contributed by atoms with Crippen LogP contribution in [0.15, 0.2) is 42.7 Å². The normalized spacial score (nSPS) is 10.8. The van der Waals surface area contributed by atoms with Gasteiger partial charge in [-0.05, 0) is 30.7 Å². The molecule has 0 saturated heterocycles. The minimum Gasteiger partial charge on any atom is -0.497 e. The highest BCUT2D eigenvalue weighted by Crippen LogP contribution is 2.26. The molecule has 4 nitrogen and oxygen atoms in total. The summed E-state index contributed by atoms with van der Waals surface area (Å²) in [6.07, 6.45) is 3.94. The second-order valence-electron chi connectivity index (χ2n) is 4.50. The highest BCUT2D eigenvalue weighted by atomic mass is 16.5. The number of imidazole rings is 1. The van der Waals surface area contributed by atoms with Crippen LogP contribution in [0.3, 0.4) is 0 Å². The Morgan fingerprint density at radius 2 is 2.11 bits per heavy atom. The Balaban J connectivity index is 2.17. The topological polar surface area (TPSA) is 52.5 Å². The fraction of sp³-hybridized carbons (Fsp3) is 0.133. The number of nitrogens with two attached hydrogens (primary N) is 1. The number of aryl methyl sites for hydroxylation is 1. The van der Waals surface area contributed by atoms with Crippen molar-refractivity contribution in [2.45, 2.75) is 6.92 Å². The molecule has 2 heterocycles. The Hall–Kier alpha value is -2.49. The van der Waals surface area contributed by atoms with E-state index in [1.807, 2.05) is 54.0 Å². The van der Waals surface area contributed by atoms with Gasteiger partial charge in [0.2, 0.25) is 0 Å². The number of nitrogen functional groups attached to an aromatic ring is 1. The number of aromatic nitrogens is 2. The SMILES string of the molecule is COc1cccc(-c2cn3ccc(C)c(N)c3n2)c1. The van der Waals surface area contributed by atoms with Crippen LogP contribution in [0.1, 0.15) is 5.56 Å². The molecule has 2 aromatic heterocycles. The van der Waals surface area contributed by atoms with Gasteiger partial charge in [-0.3, -0.25) is 0 Å². The molecule has 0 unspecified atom stereocenters. The second-order valence-corrected chi connectivity index (χ2v) is 4.50. The van der Waals surface area contributed by atoms with E-state index in [9.17, 15) is 0 Å². The summed E-state index contributed by atoms with van der Waals surface area (Å²) >= 11 is 0. The fourth-order valence-corrected chi connectivity index (χ4v) is 2.09. The Kier molecular flexibility index (Phi) is 2.63. The molecule has 2 N–H and O–H groups in total. The van der Waals surface area contributed by atoms with E-state index in [4.69, 9.17) is 10.5 Å². The van der Waals surface area contributed by atoms with Crippen LogP contribution >= 0.6 is 0 Å². The summed E-state index contributed by atoms with van der Waals surface area (Å²) in [5.74, 6) is 0.818. The Morgan fingerprint density at radius 3 is 2.89 bits per heavy atom. The van der Waals surface area contributed by atoms with Crippen LogP contribution < -0.4 is 10.5 Å². The third-order valence-corrected chi connectivity index (χ3v) is 3.25. The maximum Gasteiger partial charge on any atom is 0.160 e. The predicted octanol–water partition coefficient (Wildman–Crippen LogP) is 2.90. The van der Waals surface area contributed by atoms with Crippen LogP contribution in [0.4, 0.5) is 5.69 Å². The monoisotopic (exact) mass is 253 g/mol. The van der Waals surface area contributed by atoms with Gasteiger partial charge in [0.1, 0.15) is 5.75 Å². The van der Waals surface area contributed by atoms with Gasteiger partial charge in [0.05, 0.1) is 18.5 Å². The first-order valence-electron chi connectivity index (χ1n) is 6.07. The molecule has 0 aliphatic carbocycles. The van der Waals surface area contributed by atoms with Gasteiger partial charge in [0.15, 0.2) is 5.65 Å². The summed E-state index contributed by atoms with van der Waals surface area (Å²) in [5.41, 5.74) is 10.5. The number of ether oxygens (including phenoxy) is 1. The predicted molar refractivity (Wildman–Crippen MR) is 76.3 cm³/mol. The van der Waals surface area contributed by atoms with E-state index in [-0.39, 0.29) is 0 Å². The van der Waals surface area contributed by atoms with Crippen molar-refractivity contribution in [3.8, 4) is 17.0 Å². The van der Waals surface area contributed by atoms with Crippen molar-refractivity contribution < 1.29 is 4.74 Å². The Bertz CT molecular complexity index is 746. The first kappa shape index (κ1) is 11.6. The van der Waals surface area contributed by atoms with E-state index in [1.54, 1.807) is 7.11 Å². The zero-order valence-electron chi connectivity index (χ0n) is 10.9. The van der Waals surface area contributed by atoms with E-state index in [0.717, 1.165) is 33.9 Å². The number of rotatable bonds is 2. The number of hydrogen-bond acceptors (Lipinski definition) is 3. The van der Waals surface area contributed by atoms with E-state index < -0.39 is 0 Å². The molecule has 3 aromatic rings. The minimum atomic E-state index is 0.719. The first-order valence-corrected chi connectivity index (χ1v) is 6.07. The van der Waals surface area contributed by atoms with Crippen LogP contribution in [-0.4, -0.2) is 16.5 Å². The van der Waals surface area contributed by atoms with Crippen molar-refractivity contribution in [2.75, 3.05) is 12.8 Å². The zero-order chi connectivity index (χ0) is 13.4. The molecule has 0 fully saturated rings. The van der Waals surface area contributed by atoms with Crippen molar-refractivity contribution >= 4 is 11.3 Å². The molecular formula is C15H15N3O. The molecule has 3 rings (SSSR count). The summed E-state index contributed by atoms with van der Waals surface area (Å²) in [6, 6.07) is 9.82. The van der Waals surface area contributed by atoms with E-state index in [2.05, 4.69) is 4.98 Å². The molecule has 4 heteroatoms. The maximum atomic E-state index is 6.06. The molecule has 96 valence electrons. The lowest BCUT2D eigenvalue weighted by atomic mass is 10.1. The lowest BCUT2D eigenvalue weighted by molar-refractivity contribution is 0.415. The molecular weight excluding hydrogens is 238 g/mol. The van der Waals surface area contributed by atoms with Crippen LogP contribution in [0.5, 0.6) is 5.75 Å². The molecule has 0 amide bonds. The first-order chi connectivity index (χ1) is 9.19. The number of benzene rings is 1. The third kappa shape index (κ3) is 1.91. The maximum absolute atomic E-state index is 6.06. The van der Waals surface area contributed by atoms with E-state index in [0.29, 0.717) is 0 Å². The smallest absolute Gasteiger partial charge is 0.160 e. The third-order valence-electron chi connectivity index (χ3n) is 3.25. The highest BCUT2D eigenvalue weighted by Gasteiger charge is 2.08. The summed E-state index contributed by atoms with van der Waals surface area (Å²) < 4.78 is 7.18. The number of anilines is 1. The minimum absolute atomic E-state index is 0.719. The van der Waals surface area contributed by atoms with E-state index >= 15 is 0 Å². The fourth-order valence-electron chi connectivity index (χ4n) is 2.09. The van der Waals surface area contributed by atoms with Gasteiger partial charge < -0.3 is 14.9 Å². The molecule has 0 saturated carbocycles. The van der Waals surface area contributed by atoms with Gasteiger partial charge in [0.25, 0.3) is 0 Å². The summed E-state index contributed by atoms with van der Waals surface area (Å²) in [5, 5.41) is 0. The average Bonchev–Trinajstić information content (AvgIpc) is 2.88. The van der Waals surface area contributed by atoms with Crippen molar-refractivity contribution in [3.63, 3.8) is 0 Å². The van der Waals surface area contributed by atoms with Crippen molar-refractivity contribution in [1.82, 2.24) is 9.38 Å². The molecule has 1 aromatic carbocycles. The number of methoxy groups -OCH3 is 1. The summed E-state index contributed by atoms with van der Waals surface area (Å²) in [6.45, 7) is 1.98. The Labute approximate surface area is 111 Å². The lowest BCUT2D eigenvalue weighted by Crippen LogP contribution is -1.94. The van der Waals surface area contributed by atoms with Gasteiger partial charge in [-0.25, -0.2) is 4.98 Å². The van der Waals surface area contributed by atoms with Crippen molar-refractivity contribution in [1.29, 1.82) is 0 Å². The second kappa shape index (κ2) is 4.31. The lowest BCUT2D eigenvalue weighted by Gasteiger charge is -2.01. The van der Waals surface area contributed by atoms with Gasteiger partial charge in [0, 0.05) is 18.0 Å². The molecule has 0 aliphatic rings. The number of nitrogens with zero attached hydrogens (tertiary/aromatic N) is 2. The van der Waals surface area contributed by atoms with E-state index in [1.165, 1.54) is 0 Å². The molecule has 0 atom stereocenters. The largest absolute Gasteiger partial charge is 0.497 e. The van der Waals surface area contributed by atoms with Crippen LogP contribution in [0.25, 0.3) is 16.9 Å². The molecule has 0 bridgehead atoms. The number of fused-ring (bicyclic) bond motifs is 1. The highest BCUT2D eigenvalue weighted by molar-refractivity contribution is 5.73. The van der Waals surface area contributed by atoms with Gasteiger partial charge in [-0.2, -0.15) is 0 Å². The van der Waals surface area contributed by atoms with Gasteiger partial charge >= 0.3 is 0 Å². The van der Waals surface area contributed by atoms with Crippen molar-refractivity contribution in [3.05, 3.63) is 48.3 Å². The number of hydrogen-bond donors (Lipinski definition) is 1. The van der Waals surface area contributed by atoms with Crippen LogP contribution in [0.2, 0.25) is 0 Å². The molecule has 0 spiro atoms. The van der Waals surface area contributed by atoms with Crippen molar-refractivity contribution in [2.24, 2.45) is 0 Å². The summed E-state index contributed by atoms with van der Waals surface area (Å²) in [7, 11) is 1.66. The average molecular weight is 253 g/mol. The Morgan fingerprint density at radius 1 is 1.26 bits per heavy atom. The zero-order valence-corrected chi connectivity index (χ0v) is 10.9. The molecule has 19 heavy (non-hydrogen) atoms. The van der Waals surface area contributed by atoms with Gasteiger partial charge in [-0.1, -0.05) is 12.1 Å².